The molecule has 1 N–H and O–H groups in total. The normalized spacial score (nSPS) is 17.5. The van der Waals surface area contributed by atoms with Crippen molar-refractivity contribution in [2.75, 3.05) is 40.5 Å². The minimum Gasteiger partial charge on any atom is -0.496 e. The number of carbonyl (C=O) groups is 1. The molecule has 22 heavy (non-hydrogen) atoms. The highest BCUT2D eigenvalue weighted by atomic mass is 35.5. The van der Waals surface area contributed by atoms with Gasteiger partial charge < -0.3 is 19.7 Å². The molecule has 0 radical (unpaired) electrons. The van der Waals surface area contributed by atoms with E-state index in [-0.39, 0.29) is 24.4 Å². The minimum atomic E-state index is 0. The Balaban J connectivity index is 0.00000242. The lowest BCUT2D eigenvalue weighted by molar-refractivity contribution is -0.131. The molecule has 0 bridgehead atoms. The molecular formula is C16H25ClN2O3. The van der Waals surface area contributed by atoms with Gasteiger partial charge in [0.05, 0.1) is 20.3 Å². The van der Waals surface area contributed by atoms with E-state index in [0.29, 0.717) is 19.6 Å². The number of benzene rings is 1. The number of para-hydroxylation sites is 1. The van der Waals surface area contributed by atoms with Gasteiger partial charge in [0.1, 0.15) is 5.75 Å². The second kappa shape index (κ2) is 9.66. The molecule has 1 heterocycles. The van der Waals surface area contributed by atoms with Crippen LogP contribution in [0.25, 0.3) is 0 Å². The zero-order valence-corrected chi connectivity index (χ0v) is 14.0. The lowest BCUT2D eigenvalue weighted by Crippen LogP contribution is -2.44. The van der Waals surface area contributed by atoms with Crippen LogP contribution in [-0.2, 0) is 16.0 Å². The van der Waals surface area contributed by atoms with Crippen LogP contribution >= 0.6 is 12.4 Å². The molecule has 1 amide bonds. The van der Waals surface area contributed by atoms with E-state index in [1.54, 1.807) is 12.0 Å². The van der Waals surface area contributed by atoms with Crippen LogP contribution in [0, 0.1) is 0 Å². The highest BCUT2D eigenvalue weighted by molar-refractivity contribution is 5.85. The van der Waals surface area contributed by atoms with Crippen LogP contribution in [0.5, 0.6) is 5.75 Å². The Morgan fingerprint density at radius 1 is 1.45 bits per heavy atom. The third-order valence-electron chi connectivity index (χ3n) is 3.75. The number of halogens is 1. The van der Waals surface area contributed by atoms with E-state index in [1.165, 1.54) is 0 Å². The number of rotatable bonds is 6. The van der Waals surface area contributed by atoms with Crippen molar-refractivity contribution in [3.63, 3.8) is 0 Å². The van der Waals surface area contributed by atoms with Gasteiger partial charge in [0.15, 0.2) is 0 Å². The molecule has 6 heteroatoms. The van der Waals surface area contributed by atoms with E-state index in [2.05, 4.69) is 5.32 Å². The monoisotopic (exact) mass is 328 g/mol. The topological polar surface area (TPSA) is 50.8 Å². The van der Waals surface area contributed by atoms with Crippen molar-refractivity contribution in [1.29, 1.82) is 0 Å². The number of hydrogen-bond donors (Lipinski definition) is 1. The highest BCUT2D eigenvalue weighted by Gasteiger charge is 2.19. The summed E-state index contributed by atoms with van der Waals surface area (Å²) < 4.78 is 10.7. The lowest BCUT2D eigenvalue weighted by atomic mass is 10.1. The number of nitrogens with one attached hydrogen (secondary N) is 1. The van der Waals surface area contributed by atoms with Crippen LogP contribution in [0.2, 0.25) is 0 Å². The number of morpholine rings is 1. The van der Waals surface area contributed by atoms with Gasteiger partial charge in [0.25, 0.3) is 0 Å². The maximum absolute atomic E-state index is 12.2. The van der Waals surface area contributed by atoms with Gasteiger partial charge in [-0.2, -0.15) is 0 Å². The van der Waals surface area contributed by atoms with Gasteiger partial charge in [-0.3, -0.25) is 4.79 Å². The molecule has 124 valence electrons. The summed E-state index contributed by atoms with van der Waals surface area (Å²) in [6.45, 7) is 2.86. The van der Waals surface area contributed by atoms with Gasteiger partial charge in [-0.15, -0.1) is 12.4 Å². The van der Waals surface area contributed by atoms with E-state index in [9.17, 15) is 4.79 Å². The summed E-state index contributed by atoms with van der Waals surface area (Å²) in [7, 11) is 3.52. The minimum absolute atomic E-state index is 0. The Hall–Kier alpha value is -1.30. The predicted octanol–water partition coefficient (Wildman–Crippen LogP) is 1.50. The van der Waals surface area contributed by atoms with Crippen molar-refractivity contribution < 1.29 is 14.3 Å². The van der Waals surface area contributed by atoms with E-state index in [0.717, 1.165) is 30.9 Å². The SMILES string of the molecule is COc1ccccc1CCN(C)C(=O)CC1COCCN1.Cl. The first kappa shape index (κ1) is 18.7. The first-order valence-electron chi connectivity index (χ1n) is 7.37. The number of carbonyl (C=O) groups excluding carboxylic acids is 1. The maximum Gasteiger partial charge on any atom is 0.223 e. The largest absolute Gasteiger partial charge is 0.496 e. The van der Waals surface area contributed by atoms with Gasteiger partial charge in [0, 0.05) is 32.6 Å². The molecule has 0 aliphatic carbocycles. The van der Waals surface area contributed by atoms with E-state index in [1.807, 2.05) is 31.3 Å². The van der Waals surface area contributed by atoms with Gasteiger partial charge >= 0.3 is 0 Å². The molecule has 0 aromatic heterocycles. The first-order valence-corrected chi connectivity index (χ1v) is 7.37. The third-order valence-corrected chi connectivity index (χ3v) is 3.75. The number of methoxy groups -OCH3 is 1. The summed E-state index contributed by atoms with van der Waals surface area (Å²) >= 11 is 0. The Labute approximate surface area is 138 Å². The van der Waals surface area contributed by atoms with Crippen LogP contribution in [0.4, 0.5) is 0 Å². The Kier molecular flexibility index (Phi) is 8.24. The molecule has 0 saturated carbocycles. The second-order valence-electron chi connectivity index (χ2n) is 5.31. The Morgan fingerprint density at radius 2 is 2.23 bits per heavy atom. The fraction of sp³-hybridized carbons (Fsp3) is 0.562. The molecule has 1 atom stereocenters. The van der Waals surface area contributed by atoms with Crippen LogP contribution in [0.15, 0.2) is 24.3 Å². The fourth-order valence-electron chi connectivity index (χ4n) is 2.44. The molecular weight excluding hydrogens is 304 g/mol. The van der Waals surface area contributed by atoms with Crippen LogP contribution < -0.4 is 10.1 Å². The summed E-state index contributed by atoms with van der Waals surface area (Å²) in [5.41, 5.74) is 1.12. The number of ether oxygens (including phenoxy) is 2. The maximum atomic E-state index is 12.2. The summed E-state index contributed by atoms with van der Waals surface area (Å²) in [6, 6.07) is 8.06. The van der Waals surface area contributed by atoms with E-state index >= 15 is 0 Å². The molecule has 5 nitrogen and oxygen atoms in total. The molecule has 2 rings (SSSR count). The average molecular weight is 329 g/mol. The smallest absolute Gasteiger partial charge is 0.223 e. The van der Waals surface area contributed by atoms with Gasteiger partial charge in [0.2, 0.25) is 5.91 Å². The van der Waals surface area contributed by atoms with Crippen molar-refractivity contribution in [3.05, 3.63) is 29.8 Å². The molecule has 1 aromatic rings. The number of amides is 1. The first-order chi connectivity index (χ1) is 10.2. The standard InChI is InChI=1S/C16H24N2O3.ClH/c1-18(16(19)11-14-12-21-10-8-17-14)9-7-13-5-3-4-6-15(13)20-2;/h3-6,14,17H,7-12H2,1-2H3;1H. The summed E-state index contributed by atoms with van der Waals surface area (Å²) in [6.07, 6.45) is 1.28. The number of likely N-dealkylation sites (N-methyl/N-ethyl adjacent to an activating group) is 1. The summed E-state index contributed by atoms with van der Waals surface area (Å²) in [4.78, 5) is 14.0. The molecule has 1 unspecified atom stereocenters. The lowest BCUT2D eigenvalue weighted by Gasteiger charge is -2.25. The van der Waals surface area contributed by atoms with Crippen LogP contribution in [-0.4, -0.2) is 57.3 Å². The number of nitrogens with zero attached hydrogens (tertiary/aromatic N) is 1. The third kappa shape index (κ3) is 5.48. The van der Waals surface area contributed by atoms with Gasteiger partial charge in [-0.1, -0.05) is 18.2 Å². The van der Waals surface area contributed by atoms with Crippen molar-refractivity contribution in [3.8, 4) is 5.75 Å². The fourth-order valence-corrected chi connectivity index (χ4v) is 2.44. The Morgan fingerprint density at radius 3 is 2.91 bits per heavy atom. The van der Waals surface area contributed by atoms with Crippen molar-refractivity contribution >= 4 is 18.3 Å². The van der Waals surface area contributed by atoms with Crippen molar-refractivity contribution in [2.24, 2.45) is 0 Å². The van der Waals surface area contributed by atoms with Crippen molar-refractivity contribution in [1.82, 2.24) is 10.2 Å². The van der Waals surface area contributed by atoms with Crippen LogP contribution in [0.1, 0.15) is 12.0 Å². The highest BCUT2D eigenvalue weighted by Crippen LogP contribution is 2.18. The summed E-state index contributed by atoms with van der Waals surface area (Å²) in [5, 5.41) is 3.30. The molecule has 1 aromatic carbocycles. The molecule has 1 aliphatic heterocycles. The zero-order valence-electron chi connectivity index (χ0n) is 13.2. The number of hydrogen-bond acceptors (Lipinski definition) is 4. The predicted molar refractivity (Wildman–Crippen MR) is 88.8 cm³/mol. The van der Waals surface area contributed by atoms with Crippen LogP contribution in [0.3, 0.4) is 0 Å². The molecule has 1 fully saturated rings. The van der Waals surface area contributed by atoms with Gasteiger partial charge in [-0.05, 0) is 18.1 Å². The van der Waals surface area contributed by atoms with Crippen molar-refractivity contribution in [2.45, 2.75) is 18.9 Å². The van der Waals surface area contributed by atoms with E-state index in [4.69, 9.17) is 9.47 Å². The van der Waals surface area contributed by atoms with Gasteiger partial charge in [-0.25, -0.2) is 0 Å². The molecule has 1 saturated heterocycles. The molecule has 1 aliphatic rings. The molecule has 0 spiro atoms. The average Bonchev–Trinajstić information content (AvgIpc) is 2.53. The zero-order chi connectivity index (χ0) is 15.1. The second-order valence-corrected chi connectivity index (χ2v) is 5.31. The quantitative estimate of drug-likeness (QED) is 0.859. The Bertz CT molecular complexity index is 464. The van der Waals surface area contributed by atoms with E-state index < -0.39 is 0 Å². The summed E-state index contributed by atoms with van der Waals surface area (Å²) in [5.74, 6) is 1.02.